The van der Waals surface area contributed by atoms with Crippen LogP contribution >= 0.6 is 0 Å². The monoisotopic (exact) mass is 272 g/mol. The van der Waals surface area contributed by atoms with E-state index in [-0.39, 0.29) is 57.1 Å². The number of ether oxygens (including phenoxy) is 2. The fourth-order valence-corrected chi connectivity index (χ4v) is 1.23. The van der Waals surface area contributed by atoms with Crippen LogP contribution in [0.25, 0.3) is 0 Å². The summed E-state index contributed by atoms with van der Waals surface area (Å²) in [6.45, 7) is -5.25. The summed E-state index contributed by atoms with van der Waals surface area (Å²) in [6, 6.07) is 2.97. The van der Waals surface area contributed by atoms with E-state index in [1.807, 2.05) is 0 Å². The summed E-state index contributed by atoms with van der Waals surface area (Å²) in [5, 5.41) is 0. The molecule has 88 valence electrons. The summed E-state index contributed by atoms with van der Waals surface area (Å²) in [4.78, 5) is 11.2. The molecule has 0 radical (unpaired) electrons. The predicted octanol–water partition coefficient (Wildman–Crippen LogP) is -1.46. The molecule has 0 heterocycles. The van der Waals surface area contributed by atoms with Gasteiger partial charge < -0.3 is 22.4 Å². The van der Waals surface area contributed by atoms with Gasteiger partial charge in [0.15, 0.2) is 0 Å². The van der Waals surface area contributed by atoms with Gasteiger partial charge in [0.2, 0.25) is 0 Å². The van der Waals surface area contributed by atoms with E-state index < -0.39 is 24.0 Å². The summed E-state index contributed by atoms with van der Waals surface area (Å²) >= 11 is 0. The zero-order chi connectivity index (χ0) is 12.3. The molecule has 17 heavy (non-hydrogen) atoms. The molecule has 0 aliphatic heterocycles. The van der Waals surface area contributed by atoms with Crippen molar-refractivity contribution in [3.05, 3.63) is 23.8 Å². The average molecular weight is 272 g/mol. The molecule has 8 heteroatoms. The molecule has 1 rings (SSSR count). The second kappa shape index (κ2) is 6.79. The molecule has 0 spiro atoms. The van der Waals surface area contributed by atoms with E-state index in [0.717, 1.165) is 25.3 Å². The van der Waals surface area contributed by atoms with Gasteiger partial charge in [-0.25, -0.2) is 4.79 Å². The summed E-state index contributed by atoms with van der Waals surface area (Å²) in [6.07, 6.45) is 0. The van der Waals surface area contributed by atoms with E-state index in [4.69, 9.17) is 4.74 Å². The summed E-state index contributed by atoms with van der Waals surface area (Å²) in [5.41, 5.74) is -1.51. The van der Waals surface area contributed by atoms with Crippen LogP contribution in [-0.4, -0.2) is 27.2 Å². The third-order valence-electron chi connectivity index (χ3n) is 2.02. The quantitative estimate of drug-likeness (QED) is 0.498. The Morgan fingerprint density at radius 2 is 1.82 bits per heavy atom. The number of esters is 1. The minimum Gasteiger partial charge on any atom is -0.497 e. The van der Waals surface area contributed by atoms with E-state index in [1.165, 1.54) is 7.11 Å². The molecule has 1 aromatic carbocycles. The van der Waals surface area contributed by atoms with E-state index in [0.29, 0.717) is 0 Å². The largest absolute Gasteiger partial charge is 1.00 e. The number of carbonyl (C=O) groups excluding carboxylic acids is 1. The molecule has 0 saturated heterocycles. The Morgan fingerprint density at radius 3 is 2.24 bits per heavy atom. The van der Waals surface area contributed by atoms with Crippen molar-refractivity contribution < 1.29 is 78.6 Å². The summed E-state index contributed by atoms with van der Waals surface area (Å²) < 4.78 is 46.8. The van der Waals surface area contributed by atoms with Crippen molar-refractivity contribution in [2.45, 2.75) is 0 Å². The molecule has 0 saturated carbocycles. The molecule has 0 bridgehead atoms. The number of hydrogen-bond acceptors (Lipinski definition) is 3. The Hall–Kier alpha value is -0.0187. The first kappa shape index (κ1) is 17.0. The van der Waals surface area contributed by atoms with Crippen LogP contribution in [0.3, 0.4) is 0 Å². The van der Waals surface area contributed by atoms with Gasteiger partial charge in [-0.05, 0) is 12.1 Å². The number of methoxy groups -OCH3 is 2. The van der Waals surface area contributed by atoms with Gasteiger partial charge in [0.25, 0.3) is 0 Å². The van der Waals surface area contributed by atoms with Gasteiger partial charge in [-0.15, -0.1) is 0 Å². The number of carbonyl (C=O) groups is 1. The first-order valence-corrected chi connectivity index (χ1v) is 4.36. The molecule has 0 aromatic heterocycles. The Morgan fingerprint density at radius 1 is 1.24 bits per heavy atom. The Bertz CT molecular complexity index is 409. The van der Waals surface area contributed by atoms with Crippen molar-refractivity contribution in [1.29, 1.82) is 0 Å². The van der Waals surface area contributed by atoms with Crippen LogP contribution in [0.1, 0.15) is 10.4 Å². The molecule has 3 nitrogen and oxygen atoms in total. The van der Waals surface area contributed by atoms with Crippen LogP contribution in [0.5, 0.6) is 5.75 Å². The van der Waals surface area contributed by atoms with Crippen molar-refractivity contribution in [2.75, 3.05) is 14.2 Å². The number of benzene rings is 1. The molecular weight excluding hydrogens is 263 g/mol. The normalized spacial score (nSPS) is 10.4. The van der Waals surface area contributed by atoms with Crippen molar-refractivity contribution >= 4 is 18.4 Å². The smallest absolute Gasteiger partial charge is 0.497 e. The van der Waals surface area contributed by atoms with E-state index in [1.54, 1.807) is 0 Å². The first-order valence-electron chi connectivity index (χ1n) is 4.36. The van der Waals surface area contributed by atoms with Crippen LogP contribution in [0.15, 0.2) is 18.2 Å². The maximum Gasteiger partial charge on any atom is 1.00 e. The van der Waals surface area contributed by atoms with Crippen molar-refractivity contribution in [1.82, 2.24) is 0 Å². The van der Waals surface area contributed by atoms with Gasteiger partial charge in [0.1, 0.15) is 5.75 Å². The van der Waals surface area contributed by atoms with E-state index in [2.05, 4.69) is 4.74 Å². The van der Waals surface area contributed by atoms with Gasteiger partial charge >= 0.3 is 64.3 Å². The molecule has 0 amide bonds. The van der Waals surface area contributed by atoms with Gasteiger partial charge in [0.05, 0.1) is 14.2 Å². The summed E-state index contributed by atoms with van der Waals surface area (Å²) in [7, 11) is 2.32. The first-order chi connectivity index (χ1) is 7.40. The zero-order valence-corrected chi connectivity index (χ0v) is 12.8. The minimum atomic E-state index is -5.25. The van der Waals surface area contributed by atoms with Gasteiger partial charge in [-0.2, -0.15) is 0 Å². The Kier molecular flexibility index (Phi) is 6.78. The third kappa shape index (κ3) is 4.29. The minimum absolute atomic E-state index is 0. The molecule has 0 unspecified atom stereocenters. The molecule has 0 aliphatic rings. The van der Waals surface area contributed by atoms with Crippen molar-refractivity contribution in [3.8, 4) is 5.75 Å². The van der Waals surface area contributed by atoms with E-state index in [9.17, 15) is 17.7 Å². The van der Waals surface area contributed by atoms with Crippen molar-refractivity contribution in [2.24, 2.45) is 0 Å². The maximum atomic E-state index is 12.6. The number of hydrogen-bond donors (Lipinski definition) is 0. The molecule has 0 aliphatic carbocycles. The average Bonchev–Trinajstić information content (AvgIpc) is 2.25. The number of rotatable bonds is 3. The molecular formula is C9H9BF3KO3. The SMILES string of the molecule is COC(=O)c1cc(OC)ccc1[B-](F)(F)F.[K+]. The van der Waals surface area contributed by atoms with Gasteiger partial charge in [-0.1, -0.05) is 11.5 Å². The Labute approximate surface area is 139 Å². The summed E-state index contributed by atoms with van der Waals surface area (Å²) in [5.74, 6) is -0.864. The van der Waals surface area contributed by atoms with Crippen LogP contribution in [0.4, 0.5) is 12.9 Å². The number of halogens is 3. The standard InChI is InChI=1S/C9H9BF3O3.K/c1-15-6-3-4-8(10(11,12)13)7(5-6)9(14)16-2;/h3-5H,1-2H3;/q-1;+1. The predicted molar refractivity (Wildman–Crippen MR) is 53.0 cm³/mol. The zero-order valence-electron chi connectivity index (χ0n) is 9.67. The van der Waals surface area contributed by atoms with Crippen LogP contribution < -0.4 is 61.6 Å². The Balaban J connectivity index is 0.00000256. The topological polar surface area (TPSA) is 35.5 Å². The van der Waals surface area contributed by atoms with Crippen LogP contribution in [0.2, 0.25) is 0 Å². The van der Waals surface area contributed by atoms with Crippen molar-refractivity contribution in [3.63, 3.8) is 0 Å². The molecule has 0 fully saturated rings. The molecule has 1 aromatic rings. The fourth-order valence-electron chi connectivity index (χ4n) is 1.23. The third-order valence-corrected chi connectivity index (χ3v) is 2.02. The van der Waals surface area contributed by atoms with E-state index >= 15 is 0 Å². The molecule has 0 N–H and O–H groups in total. The maximum absolute atomic E-state index is 12.6. The molecule has 0 atom stereocenters. The second-order valence-electron chi connectivity index (χ2n) is 3.02. The van der Waals surface area contributed by atoms with Gasteiger partial charge in [0, 0.05) is 5.56 Å². The van der Waals surface area contributed by atoms with Gasteiger partial charge in [-0.3, -0.25) is 0 Å². The fraction of sp³-hybridized carbons (Fsp3) is 0.222. The van der Waals surface area contributed by atoms with Crippen LogP contribution in [-0.2, 0) is 4.74 Å². The second-order valence-corrected chi connectivity index (χ2v) is 3.02. The van der Waals surface area contributed by atoms with Crippen LogP contribution in [0, 0.1) is 0 Å².